The number of amides is 1. The first-order valence-corrected chi connectivity index (χ1v) is 6.33. The maximum absolute atomic E-state index is 12.0. The van der Waals surface area contributed by atoms with E-state index in [4.69, 9.17) is 11.5 Å². The SMILES string of the molecule is Nc1ccccc1C(=O)N=Nc1[nH]c(N)c2ccccc12. The van der Waals surface area contributed by atoms with E-state index in [1.54, 1.807) is 24.3 Å². The molecule has 2 aromatic carbocycles. The van der Waals surface area contributed by atoms with Gasteiger partial charge in [0.05, 0.1) is 5.56 Å². The van der Waals surface area contributed by atoms with Gasteiger partial charge in [0.1, 0.15) is 5.82 Å². The first-order valence-electron chi connectivity index (χ1n) is 6.33. The van der Waals surface area contributed by atoms with Crippen LogP contribution in [0.4, 0.5) is 17.3 Å². The van der Waals surface area contributed by atoms with Crippen LogP contribution < -0.4 is 11.5 Å². The number of para-hydroxylation sites is 1. The standard InChI is InChI=1S/C15H13N5O/c16-12-8-4-3-7-11(12)15(21)20-19-14-10-6-2-1-5-9(10)13(17)18-14/h1-8,18H,16-17H2. The molecular weight excluding hydrogens is 266 g/mol. The van der Waals surface area contributed by atoms with Crippen molar-refractivity contribution in [2.75, 3.05) is 11.5 Å². The molecule has 1 amide bonds. The molecule has 5 N–H and O–H groups in total. The second kappa shape index (κ2) is 5.09. The number of nitrogens with zero attached hydrogens (tertiary/aromatic N) is 2. The highest BCUT2D eigenvalue weighted by atomic mass is 16.1. The Morgan fingerprint density at radius 3 is 2.38 bits per heavy atom. The summed E-state index contributed by atoms with van der Waals surface area (Å²) >= 11 is 0. The highest BCUT2D eigenvalue weighted by Crippen LogP contribution is 2.30. The molecular formula is C15H13N5O. The fourth-order valence-electron chi connectivity index (χ4n) is 2.11. The molecule has 0 unspecified atom stereocenters. The Balaban J connectivity index is 1.95. The van der Waals surface area contributed by atoms with Crippen LogP contribution in [-0.4, -0.2) is 10.9 Å². The Bertz CT molecular complexity index is 850. The molecule has 0 aliphatic heterocycles. The molecule has 1 heterocycles. The van der Waals surface area contributed by atoms with Gasteiger partial charge in [-0.1, -0.05) is 36.4 Å². The Labute approximate surface area is 120 Å². The molecule has 0 saturated heterocycles. The topological polar surface area (TPSA) is 110 Å². The van der Waals surface area contributed by atoms with E-state index in [0.717, 1.165) is 10.8 Å². The van der Waals surface area contributed by atoms with E-state index in [-0.39, 0.29) is 0 Å². The molecule has 0 bridgehead atoms. The number of carbonyl (C=O) groups excluding carboxylic acids is 1. The summed E-state index contributed by atoms with van der Waals surface area (Å²) < 4.78 is 0. The van der Waals surface area contributed by atoms with E-state index in [1.165, 1.54) is 0 Å². The largest absolute Gasteiger partial charge is 0.398 e. The van der Waals surface area contributed by atoms with Crippen LogP contribution in [0.15, 0.2) is 58.8 Å². The number of hydrogen-bond donors (Lipinski definition) is 3. The minimum Gasteiger partial charge on any atom is -0.398 e. The van der Waals surface area contributed by atoms with E-state index in [2.05, 4.69) is 15.2 Å². The maximum Gasteiger partial charge on any atom is 0.297 e. The van der Waals surface area contributed by atoms with Crippen molar-refractivity contribution >= 4 is 34.0 Å². The number of anilines is 2. The molecule has 1 aromatic heterocycles. The molecule has 0 fully saturated rings. The van der Waals surface area contributed by atoms with E-state index in [0.29, 0.717) is 22.9 Å². The zero-order chi connectivity index (χ0) is 14.8. The Kier molecular flexibility index (Phi) is 3.12. The van der Waals surface area contributed by atoms with E-state index in [1.807, 2.05) is 24.3 Å². The van der Waals surface area contributed by atoms with Crippen molar-refractivity contribution < 1.29 is 4.79 Å². The summed E-state index contributed by atoms with van der Waals surface area (Å²) in [7, 11) is 0. The van der Waals surface area contributed by atoms with Crippen LogP contribution in [0.25, 0.3) is 10.8 Å². The van der Waals surface area contributed by atoms with Gasteiger partial charge in [0.15, 0.2) is 5.82 Å². The van der Waals surface area contributed by atoms with Crippen LogP contribution in [0.5, 0.6) is 0 Å². The minimum atomic E-state index is -0.495. The Morgan fingerprint density at radius 1 is 0.952 bits per heavy atom. The fraction of sp³-hybridized carbons (Fsp3) is 0. The summed E-state index contributed by atoms with van der Waals surface area (Å²) in [4.78, 5) is 14.9. The van der Waals surface area contributed by atoms with E-state index >= 15 is 0 Å². The number of azo groups is 1. The van der Waals surface area contributed by atoms with Crippen molar-refractivity contribution in [1.82, 2.24) is 4.98 Å². The lowest BCUT2D eigenvalue weighted by atomic mass is 10.2. The Hall–Kier alpha value is -3.15. The maximum atomic E-state index is 12.0. The summed E-state index contributed by atoms with van der Waals surface area (Å²) in [5.74, 6) is 0.447. The van der Waals surface area contributed by atoms with Crippen molar-refractivity contribution in [3.8, 4) is 0 Å². The number of aromatic amines is 1. The third kappa shape index (κ3) is 2.34. The van der Waals surface area contributed by atoms with Gasteiger partial charge in [-0.25, -0.2) is 0 Å². The zero-order valence-corrected chi connectivity index (χ0v) is 11.1. The quantitative estimate of drug-likeness (QED) is 0.494. The number of carbonyl (C=O) groups is 1. The lowest BCUT2D eigenvalue weighted by Gasteiger charge is -1.98. The normalized spacial score (nSPS) is 11.2. The van der Waals surface area contributed by atoms with Crippen molar-refractivity contribution in [2.24, 2.45) is 10.2 Å². The number of nitrogen functional groups attached to an aromatic ring is 2. The molecule has 0 atom stereocenters. The Morgan fingerprint density at radius 2 is 1.62 bits per heavy atom. The molecule has 0 radical (unpaired) electrons. The molecule has 3 rings (SSSR count). The van der Waals surface area contributed by atoms with Crippen molar-refractivity contribution in [2.45, 2.75) is 0 Å². The molecule has 21 heavy (non-hydrogen) atoms. The number of aromatic nitrogens is 1. The number of nitrogens with one attached hydrogen (secondary N) is 1. The number of benzene rings is 2. The predicted molar refractivity (Wildman–Crippen MR) is 82.4 cm³/mol. The highest BCUT2D eigenvalue weighted by Gasteiger charge is 2.10. The first-order chi connectivity index (χ1) is 10.2. The molecule has 0 spiro atoms. The molecule has 0 saturated carbocycles. The van der Waals surface area contributed by atoms with Crippen molar-refractivity contribution in [3.05, 3.63) is 54.1 Å². The van der Waals surface area contributed by atoms with Gasteiger partial charge in [-0.3, -0.25) is 4.79 Å². The van der Waals surface area contributed by atoms with Gasteiger partial charge >= 0.3 is 0 Å². The summed E-state index contributed by atoms with van der Waals surface area (Å²) in [5.41, 5.74) is 12.3. The van der Waals surface area contributed by atoms with Crippen molar-refractivity contribution in [1.29, 1.82) is 0 Å². The van der Waals surface area contributed by atoms with E-state index < -0.39 is 5.91 Å². The second-order valence-electron chi connectivity index (χ2n) is 4.53. The number of nitrogens with two attached hydrogens (primary N) is 2. The number of H-pyrrole nitrogens is 1. The van der Waals surface area contributed by atoms with Crippen LogP contribution in [0.2, 0.25) is 0 Å². The highest BCUT2D eigenvalue weighted by molar-refractivity contribution is 6.01. The smallest absolute Gasteiger partial charge is 0.297 e. The van der Waals surface area contributed by atoms with Gasteiger partial charge in [-0.15, -0.1) is 10.2 Å². The van der Waals surface area contributed by atoms with Crippen molar-refractivity contribution in [3.63, 3.8) is 0 Å². The van der Waals surface area contributed by atoms with Gasteiger partial charge in [-0.05, 0) is 12.1 Å². The average Bonchev–Trinajstić information content (AvgIpc) is 2.82. The monoisotopic (exact) mass is 279 g/mol. The molecule has 0 aliphatic carbocycles. The summed E-state index contributed by atoms with van der Waals surface area (Å²) in [6.45, 7) is 0. The fourth-order valence-corrected chi connectivity index (χ4v) is 2.11. The van der Waals surface area contributed by atoms with E-state index in [9.17, 15) is 4.79 Å². The molecule has 0 aliphatic rings. The van der Waals surface area contributed by atoms with Crippen LogP contribution in [0, 0.1) is 0 Å². The van der Waals surface area contributed by atoms with Gasteiger partial charge in [0.25, 0.3) is 5.91 Å². The summed E-state index contributed by atoms with van der Waals surface area (Å²) in [6, 6.07) is 14.2. The molecule has 3 aromatic rings. The third-order valence-electron chi connectivity index (χ3n) is 3.16. The average molecular weight is 279 g/mol. The van der Waals surface area contributed by atoms with Crippen LogP contribution in [0.3, 0.4) is 0 Å². The van der Waals surface area contributed by atoms with Gasteiger partial charge in [-0.2, -0.15) is 0 Å². The van der Waals surface area contributed by atoms with Crippen LogP contribution >= 0.6 is 0 Å². The minimum absolute atomic E-state index is 0.324. The van der Waals surface area contributed by atoms with Gasteiger partial charge in [0.2, 0.25) is 0 Å². The summed E-state index contributed by atoms with van der Waals surface area (Å²) in [5, 5.41) is 9.32. The molecule has 6 heteroatoms. The first kappa shape index (κ1) is 12.9. The number of rotatable bonds is 2. The summed E-state index contributed by atoms with van der Waals surface area (Å²) in [6.07, 6.45) is 0. The molecule has 6 nitrogen and oxygen atoms in total. The lowest BCUT2D eigenvalue weighted by molar-refractivity contribution is 0.0996. The van der Waals surface area contributed by atoms with Crippen LogP contribution in [0.1, 0.15) is 10.4 Å². The van der Waals surface area contributed by atoms with Gasteiger partial charge < -0.3 is 16.5 Å². The predicted octanol–water partition coefficient (Wildman–Crippen LogP) is 3.26. The number of hydrogen-bond acceptors (Lipinski definition) is 4. The third-order valence-corrected chi connectivity index (χ3v) is 3.16. The van der Waals surface area contributed by atoms with Crippen LogP contribution in [-0.2, 0) is 0 Å². The lowest BCUT2D eigenvalue weighted by Crippen LogP contribution is -1.99. The number of fused-ring (bicyclic) bond motifs is 1. The molecule has 104 valence electrons. The van der Waals surface area contributed by atoms with Gasteiger partial charge in [0, 0.05) is 16.5 Å². The second-order valence-corrected chi connectivity index (χ2v) is 4.53. The zero-order valence-electron chi connectivity index (χ0n) is 11.1.